The highest BCUT2D eigenvalue weighted by atomic mass is 15.1. The minimum Gasteiger partial charge on any atom is -0.373 e. The average Bonchev–Trinajstić information content (AvgIpc) is 2.63. The largest absolute Gasteiger partial charge is 0.373 e. The van der Waals surface area contributed by atoms with Crippen molar-refractivity contribution in [1.29, 1.82) is 0 Å². The first kappa shape index (κ1) is 13.1. The Bertz CT molecular complexity index is 440. The fraction of sp³-hybridized carbons (Fsp3) is 0.714. The van der Waals surface area contributed by atoms with Gasteiger partial charge in [0.25, 0.3) is 0 Å². The molecule has 18 heavy (non-hydrogen) atoms. The molecule has 2 N–H and O–H groups in total. The van der Waals surface area contributed by atoms with Crippen LogP contribution in [0.1, 0.15) is 44.5 Å². The van der Waals surface area contributed by atoms with Gasteiger partial charge in [0.1, 0.15) is 17.5 Å². The van der Waals surface area contributed by atoms with E-state index in [0.717, 1.165) is 23.0 Å². The summed E-state index contributed by atoms with van der Waals surface area (Å²) in [4.78, 5) is 8.95. The Hall–Kier alpha value is -1.32. The van der Waals surface area contributed by atoms with Crippen molar-refractivity contribution >= 4 is 11.6 Å². The summed E-state index contributed by atoms with van der Waals surface area (Å²) in [6, 6.07) is 0.509. The maximum Gasteiger partial charge on any atom is 0.134 e. The zero-order valence-corrected chi connectivity index (χ0v) is 12.1. The molecule has 0 aliphatic heterocycles. The molecule has 1 aliphatic rings. The van der Waals surface area contributed by atoms with Gasteiger partial charge in [-0.15, -0.1) is 0 Å². The van der Waals surface area contributed by atoms with Crippen LogP contribution in [0, 0.1) is 19.3 Å². The van der Waals surface area contributed by atoms with Crippen LogP contribution in [-0.4, -0.2) is 23.1 Å². The summed E-state index contributed by atoms with van der Waals surface area (Å²) in [5.74, 6) is 2.70. The van der Waals surface area contributed by atoms with Crippen LogP contribution in [0.25, 0.3) is 0 Å². The van der Waals surface area contributed by atoms with Gasteiger partial charge in [-0.3, -0.25) is 0 Å². The minimum absolute atomic E-state index is 0.352. The second kappa shape index (κ2) is 4.75. The van der Waals surface area contributed by atoms with Crippen molar-refractivity contribution in [2.24, 2.45) is 5.41 Å². The minimum atomic E-state index is 0.352. The van der Waals surface area contributed by atoms with Crippen molar-refractivity contribution in [2.75, 3.05) is 17.7 Å². The van der Waals surface area contributed by atoms with Gasteiger partial charge in [0.15, 0.2) is 0 Å². The summed E-state index contributed by atoms with van der Waals surface area (Å²) in [6.07, 6.45) is 3.81. The molecule has 4 heteroatoms. The smallest absolute Gasteiger partial charge is 0.134 e. The predicted octanol–water partition coefficient (Wildman–Crippen LogP) is 3.13. The van der Waals surface area contributed by atoms with Gasteiger partial charge in [0.05, 0.1) is 0 Å². The molecule has 1 aliphatic carbocycles. The van der Waals surface area contributed by atoms with Crippen LogP contribution < -0.4 is 10.6 Å². The molecule has 0 bridgehead atoms. The molecule has 1 fully saturated rings. The number of hydrogen-bond acceptors (Lipinski definition) is 4. The second-order valence-corrected chi connectivity index (χ2v) is 5.92. The molecule has 1 saturated carbocycles. The standard InChI is InChI=1S/C14H24N4/c1-9-12(15-5)16-10(2)17-13(9)18-11-7-6-8-14(11,3)4/h11H,6-8H2,1-5H3,(H2,15,16,17,18). The van der Waals surface area contributed by atoms with Crippen LogP contribution in [-0.2, 0) is 0 Å². The van der Waals surface area contributed by atoms with E-state index in [1.807, 2.05) is 14.0 Å². The maximum atomic E-state index is 4.55. The predicted molar refractivity (Wildman–Crippen MR) is 76.1 cm³/mol. The molecular formula is C14H24N4. The van der Waals surface area contributed by atoms with Gasteiger partial charge >= 0.3 is 0 Å². The van der Waals surface area contributed by atoms with Crippen molar-refractivity contribution in [3.8, 4) is 0 Å². The molecule has 0 aromatic carbocycles. The van der Waals surface area contributed by atoms with Gasteiger partial charge in [-0.25, -0.2) is 9.97 Å². The molecule has 1 atom stereocenters. The fourth-order valence-electron chi connectivity index (χ4n) is 2.77. The highest BCUT2D eigenvalue weighted by Gasteiger charge is 2.34. The Balaban J connectivity index is 2.26. The first-order chi connectivity index (χ1) is 8.44. The topological polar surface area (TPSA) is 49.8 Å². The van der Waals surface area contributed by atoms with Crippen LogP contribution >= 0.6 is 0 Å². The molecule has 4 nitrogen and oxygen atoms in total. The van der Waals surface area contributed by atoms with Crippen molar-refractivity contribution in [2.45, 2.75) is 53.0 Å². The van der Waals surface area contributed by atoms with Crippen molar-refractivity contribution < 1.29 is 0 Å². The van der Waals surface area contributed by atoms with E-state index in [1.165, 1.54) is 19.3 Å². The molecule has 0 saturated heterocycles. The molecular weight excluding hydrogens is 224 g/mol. The molecule has 1 unspecified atom stereocenters. The maximum absolute atomic E-state index is 4.55. The van der Waals surface area contributed by atoms with E-state index in [0.29, 0.717) is 11.5 Å². The zero-order valence-electron chi connectivity index (χ0n) is 12.1. The molecule has 1 aromatic heterocycles. The van der Waals surface area contributed by atoms with Crippen LogP contribution in [0.3, 0.4) is 0 Å². The number of aromatic nitrogens is 2. The third kappa shape index (κ3) is 2.42. The number of nitrogens with zero attached hydrogens (tertiary/aromatic N) is 2. The summed E-state index contributed by atoms with van der Waals surface area (Å²) in [5.41, 5.74) is 1.45. The van der Waals surface area contributed by atoms with E-state index in [2.05, 4.69) is 41.4 Å². The Kier molecular flexibility index (Phi) is 3.46. The Morgan fingerprint density at radius 1 is 1.17 bits per heavy atom. The zero-order chi connectivity index (χ0) is 13.3. The Labute approximate surface area is 110 Å². The van der Waals surface area contributed by atoms with E-state index in [-0.39, 0.29) is 0 Å². The van der Waals surface area contributed by atoms with Crippen molar-refractivity contribution in [3.05, 3.63) is 11.4 Å². The highest BCUT2D eigenvalue weighted by molar-refractivity contribution is 5.57. The molecule has 100 valence electrons. The lowest BCUT2D eigenvalue weighted by molar-refractivity contribution is 0.349. The Morgan fingerprint density at radius 2 is 1.83 bits per heavy atom. The lowest BCUT2D eigenvalue weighted by Gasteiger charge is -2.29. The van der Waals surface area contributed by atoms with Crippen LogP contribution in [0.2, 0.25) is 0 Å². The average molecular weight is 248 g/mol. The van der Waals surface area contributed by atoms with Gasteiger partial charge in [0.2, 0.25) is 0 Å². The van der Waals surface area contributed by atoms with E-state index >= 15 is 0 Å². The molecule has 1 aromatic rings. The van der Waals surface area contributed by atoms with Crippen LogP contribution in [0.4, 0.5) is 11.6 Å². The fourth-order valence-corrected chi connectivity index (χ4v) is 2.77. The van der Waals surface area contributed by atoms with Crippen LogP contribution in [0.15, 0.2) is 0 Å². The molecule has 0 amide bonds. The van der Waals surface area contributed by atoms with E-state index < -0.39 is 0 Å². The number of nitrogens with one attached hydrogen (secondary N) is 2. The SMILES string of the molecule is CNc1nc(C)nc(NC2CCCC2(C)C)c1C. The normalized spacial score (nSPS) is 21.9. The summed E-state index contributed by atoms with van der Waals surface area (Å²) in [6.45, 7) is 8.67. The lowest BCUT2D eigenvalue weighted by Crippen LogP contribution is -2.31. The third-order valence-corrected chi connectivity index (χ3v) is 4.06. The van der Waals surface area contributed by atoms with E-state index in [4.69, 9.17) is 0 Å². The lowest BCUT2D eigenvalue weighted by atomic mass is 9.87. The first-order valence-electron chi connectivity index (χ1n) is 6.73. The molecule has 2 rings (SSSR count). The van der Waals surface area contributed by atoms with E-state index in [1.54, 1.807) is 0 Å². The summed E-state index contributed by atoms with van der Waals surface area (Å²) in [5, 5.41) is 6.75. The van der Waals surface area contributed by atoms with Gasteiger partial charge in [-0.05, 0) is 32.1 Å². The first-order valence-corrected chi connectivity index (χ1v) is 6.73. The number of hydrogen-bond donors (Lipinski definition) is 2. The molecule has 0 spiro atoms. The summed E-state index contributed by atoms with van der Waals surface area (Å²) >= 11 is 0. The second-order valence-electron chi connectivity index (χ2n) is 5.92. The van der Waals surface area contributed by atoms with Crippen molar-refractivity contribution in [3.63, 3.8) is 0 Å². The van der Waals surface area contributed by atoms with Gasteiger partial charge in [-0.1, -0.05) is 20.3 Å². The van der Waals surface area contributed by atoms with Crippen molar-refractivity contribution in [1.82, 2.24) is 9.97 Å². The highest BCUT2D eigenvalue weighted by Crippen LogP contribution is 2.39. The van der Waals surface area contributed by atoms with Gasteiger partial charge in [0, 0.05) is 18.7 Å². The Morgan fingerprint density at radius 3 is 2.39 bits per heavy atom. The molecule has 1 heterocycles. The quantitative estimate of drug-likeness (QED) is 0.863. The monoisotopic (exact) mass is 248 g/mol. The van der Waals surface area contributed by atoms with Crippen LogP contribution in [0.5, 0.6) is 0 Å². The van der Waals surface area contributed by atoms with E-state index in [9.17, 15) is 0 Å². The summed E-state index contributed by atoms with van der Waals surface area (Å²) < 4.78 is 0. The molecule has 0 radical (unpaired) electrons. The van der Waals surface area contributed by atoms with Gasteiger partial charge < -0.3 is 10.6 Å². The number of rotatable bonds is 3. The number of aryl methyl sites for hydroxylation is 1. The number of anilines is 2. The van der Waals surface area contributed by atoms with Gasteiger partial charge in [-0.2, -0.15) is 0 Å². The summed E-state index contributed by atoms with van der Waals surface area (Å²) in [7, 11) is 1.90. The third-order valence-electron chi connectivity index (χ3n) is 4.06.